The normalized spacial score (nSPS) is 11.6. The van der Waals surface area contributed by atoms with E-state index in [1.54, 1.807) is 0 Å². The molecule has 0 unspecified atom stereocenters. The zero-order valence-electron chi connectivity index (χ0n) is 38.4. The van der Waals surface area contributed by atoms with Crippen molar-refractivity contribution in [2.24, 2.45) is 0 Å². The minimum absolute atomic E-state index is 1.09. The van der Waals surface area contributed by atoms with Crippen LogP contribution in [0.3, 0.4) is 0 Å². The Kier molecular flexibility index (Phi) is 22.2. The number of pyridine rings is 3. The van der Waals surface area contributed by atoms with Crippen LogP contribution < -0.4 is 18.6 Å². The highest BCUT2D eigenvalue weighted by molar-refractivity contribution is 5.73. The fourth-order valence-electron chi connectivity index (χ4n) is 8.10. The molecule has 0 N–H and O–H groups in total. The van der Waals surface area contributed by atoms with Gasteiger partial charge in [0.15, 0.2) is 37.2 Å². The van der Waals surface area contributed by atoms with Crippen LogP contribution >= 0.6 is 0 Å². The van der Waals surface area contributed by atoms with Gasteiger partial charge in [-0.1, -0.05) is 158 Å². The number of hydrogen-bond donors (Lipinski definition) is 0. The van der Waals surface area contributed by atoms with E-state index in [4.69, 9.17) is 0 Å². The van der Waals surface area contributed by atoms with E-state index in [9.17, 15) is 0 Å². The smallest absolute Gasteiger partial charge is 0.169 e. The van der Waals surface area contributed by atoms with Crippen molar-refractivity contribution in [2.45, 2.75) is 155 Å². The van der Waals surface area contributed by atoms with Crippen molar-refractivity contribution in [1.82, 2.24) is 0 Å². The standard InChI is InChI=1S/C57H79N4/c1-4-5-6-7-8-9-10-11-12-13-14-15-18-22-43-60-47-38-55(39-48-60)56-40-49-61(50-41-56)44-23-20-17-16-19-21-42-59-45-36-54(37-46-59)31-30-52-26-24-51(25-27-52)28-29-53-32-34-57(35-33-53)58(2)3/h24-41,45-50H,4-23,42-44H2,1-3H3/q+3. The van der Waals surface area contributed by atoms with Gasteiger partial charge in [0, 0.05) is 75.4 Å². The third-order valence-corrected chi connectivity index (χ3v) is 12.2. The number of aryl methyl sites for hydroxylation is 3. The molecule has 3 aromatic heterocycles. The number of benzene rings is 2. The Morgan fingerprint density at radius 2 is 0.590 bits per heavy atom. The average molecular weight is 820 g/mol. The highest BCUT2D eigenvalue weighted by atomic mass is 15.1. The van der Waals surface area contributed by atoms with E-state index in [0.29, 0.717) is 0 Å². The molecule has 61 heavy (non-hydrogen) atoms. The van der Waals surface area contributed by atoms with E-state index in [1.165, 1.54) is 167 Å². The summed E-state index contributed by atoms with van der Waals surface area (Å²) < 4.78 is 7.03. The molecule has 324 valence electrons. The Bertz CT molecular complexity index is 1920. The van der Waals surface area contributed by atoms with Crippen molar-refractivity contribution in [3.8, 4) is 11.1 Å². The van der Waals surface area contributed by atoms with Gasteiger partial charge in [-0.05, 0) is 64.8 Å². The predicted octanol–water partition coefficient (Wildman–Crippen LogP) is 14.1. The number of rotatable bonds is 30. The lowest BCUT2D eigenvalue weighted by atomic mass is 10.0. The summed E-state index contributed by atoms with van der Waals surface area (Å²) in [7, 11) is 4.13. The molecule has 0 saturated heterocycles. The summed E-state index contributed by atoms with van der Waals surface area (Å²) >= 11 is 0. The molecule has 0 amide bonds. The summed E-state index contributed by atoms with van der Waals surface area (Å²) in [6.07, 6.45) is 49.7. The number of unbranched alkanes of at least 4 members (excludes halogenated alkanes) is 18. The fourth-order valence-corrected chi connectivity index (χ4v) is 8.10. The summed E-state index contributed by atoms with van der Waals surface area (Å²) in [5.41, 5.74) is 8.67. The maximum atomic E-state index is 2.36. The molecule has 4 heteroatoms. The van der Waals surface area contributed by atoms with Crippen molar-refractivity contribution < 1.29 is 13.7 Å². The summed E-state index contributed by atoms with van der Waals surface area (Å²) in [5.74, 6) is 0. The molecule has 0 aliphatic carbocycles. The topological polar surface area (TPSA) is 14.9 Å². The molecule has 0 bridgehead atoms. The van der Waals surface area contributed by atoms with E-state index in [-0.39, 0.29) is 0 Å². The molecule has 0 aliphatic heterocycles. The summed E-state index contributed by atoms with van der Waals surface area (Å²) in [6, 6.07) is 30.9. The Morgan fingerprint density at radius 1 is 0.328 bits per heavy atom. The van der Waals surface area contributed by atoms with Gasteiger partial charge in [0.2, 0.25) is 0 Å². The van der Waals surface area contributed by atoms with Gasteiger partial charge in [-0.3, -0.25) is 0 Å². The van der Waals surface area contributed by atoms with Crippen LogP contribution in [0.4, 0.5) is 5.69 Å². The van der Waals surface area contributed by atoms with E-state index in [0.717, 1.165) is 19.6 Å². The van der Waals surface area contributed by atoms with E-state index in [1.807, 2.05) is 0 Å². The predicted molar refractivity (Wildman–Crippen MR) is 262 cm³/mol. The second-order valence-corrected chi connectivity index (χ2v) is 17.6. The van der Waals surface area contributed by atoms with Crippen LogP contribution in [0.25, 0.3) is 35.4 Å². The number of nitrogens with zero attached hydrogens (tertiary/aromatic N) is 4. The first-order valence-corrected chi connectivity index (χ1v) is 24.3. The molecular formula is C57H79N4+3. The molecule has 0 radical (unpaired) electrons. The van der Waals surface area contributed by atoms with Crippen LogP contribution in [0.5, 0.6) is 0 Å². The van der Waals surface area contributed by atoms with Crippen LogP contribution in [-0.4, -0.2) is 14.1 Å². The van der Waals surface area contributed by atoms with E-state index < -0.39 is 0 Å². The molecule has 5 rings (SSSR count). The third-order valence-electron chi connectivity index (χ3n) is 12.2. The lowest BCUT2D eigenvalue weighted by Crippen LogP contribution is -2.33. The van der Waals surface area contributed by atoms with Gasteiger partial charge < -0.3 is 4.90 Å². The van der Waals surface area contributed by atoms with E-state index in [2.05, 4.69) is 186 Å². The first-order valence-electron chi connectivity index (χ1n) is 24.3. The highest BCUT2D eigenvalue weighted by Crippen LogP contribution is 2.18. The quantitative estimate of drug-likeness (QED) is 0.0256. The van der Waals surface area contributed by atoms with Gasteiger partial charge in [0.1, 0.15) is 19.6 Å². The van der Waals surface area contributed by atoms with Gasteiger partial charge in [0.25, 0.3) is 0 Å². The molecule has 0 fully saturated rings. The molecule has 3 heterocycles. The molecule has 4 nitrogen and oxygen atoms in total. The Hall–Kier alpha value is -4.83. The lowest BCUT2D eigenvalue weighted by molar-refractivity contribution is -0.697. The molecule has 0 aliphatic rings. The lowest BCUT2D eigenvalue weighted by Gasteiger charge is -2.11. The Labute approximate surface area is 371 Å². The monoisotopic (exact) mass is 820 g/mol. The van der Waals surface area contributed by atoms with Crippen LogP contribution in [0.15, 0.2) is 122 Å². The Balaban J connectivity index is 0.860. The molecule has 0 saturated carbocycles. The highest BCUT2D eigenvalue weighted by Gasteiger charge is 2.07. The van der Waals surface area contributed by atoms with Crippen LogP contribution in [0.1, 0.15) is 158 Å². The first-order chi connectivity index (χ1) is 30.1. The van der Waals surface area contributed by atoms with Gasteiger partial charge in [-0.15, -0.1) is 0 Å². The minimum atomic E-state index is 1.09. The number of anilines is 1. The van der Waals surface area contributed by atoms with Crippen molar-refractivity contribution in [3.05, 3.63) is 144 Å². The number of hydrogen-bond acceptors (Lipinski definition) is 1. The van der Waals surface area contributed by atoms with Crippen molar-refractivity contribution in [2.75, 3.05) is 19.0 Å². The molecule has 0 spiro atoms. The number of aromatic nitrogens is 3. The summed E-state index contributed by atoms with van der Waals surface area (Å²) in [6.45, 7) is 5.61. The van der Waals surface area contributed by atoms with Gasteiger partial charge in [0.05, 0.1) is 0 Å². The van der Waals surface area contributed by atoms with Gasteiger partial charge in [-0.2, -0.15) is 0 Å². The van der Waals surface area contributed by atoms with Gasteiger partial charge >= 0.3 is 0 Å². The van der Waals surface area contributed by atoms with Crippen LogP contribution in [-0.2, 0) is 19.6 Å². The summed E-state index contributed by atoms with van der Waals surface area (Å²) in [5, 5.41) is 0. The SMILES string of the molecule is CCCCCCCCCCCCCCCC[n+]1ccc(-c2cc[n+](CCCCCCCC[n+]3ccc(/C=C/c4ccc(/C=C/c5ccc(N(C)C)cc5)cc4)cc3)cc2)cc1. The third kappa shape index (κ3) is 19.2. The fraction of sp³-hybridized carbons (Fsp3) is 0.456. The van der Waals surface area contributed by atoms with Crippen molar-refractivity contribution >= 4 is 30.0 Å². The second-order valence-electron chi connectivity index (χ2n) is 17.6. The molecule has 5 aromatic rings. The largest absolute Gasteiger partial charge is 0.378 e. The Morgan fingerprint density at radius 3 is 0.902 bits per heavy atom. The molecular weight excluding hydrogens is 741 g/mol. The molecule has 0 atom stereocenters. The maximum absolute atomic E-state index is 2.36. The van der Waals surface area contributed by atoms with Crippen molar-refractivity contribution in [1.29, 1.82) is 0 Å². The zero-order chi connectivity index (χ0) is 42.6. The van der Waals surface area contributed by atoms with Crippen LogP contribution in [0, 0.1) is 0 Å². The summed E-state index contributed by atoms with van der Waals surface area (Å²) in [4.78, 5) is 2.12. The van der Waals surface area contributed by atoms with Crippen LogP contribution in [0.2, 0.25) is 0 Å². The minimum Gasteiger partial charge on any atom is -0.378 e. The maximum Gasteiger partial charge on any atom is 0.169 e. The molecule has 2 aromatic carbocycles. The second kappa shape index (κ2) is 28.7. The average Bonchev–Trinajstić information content (AvgIpc) is 3.30. The zero-order valence-corrected chi connectivity index (χ0v) is 38.4. The van der Waals surface area contributed by atoms with E-state index >= 15 is 0 Å². The van der Waals surface area contributed by atoms with Crippen molar-refractivity contribution in [3.63, 3.8) is 0 Å². The first kappa shape index (κ1) is 47.2. The van der Waals surface area contributed by atoms with Gasteiger partial charge in [-0.25, -0.2) is 13.7 Å².